The van der Waals surface area contributed by atoms with Crippen LogP contribution in [0.5, 0.6) is 11.5 Å². The Hall–Kier alpha value is -1.75. The van der Waals surface area contributed by atoms with Crippen molar-refractivity contribution in [3.05, 3.63) is 18.2 Å². The molecule has 0 bridgehead atoms. The van der Waals surface area contributed by atoms with E-state index in [9.17, 15) is 4.79 Å². The zero-order valence-electron chi connectivity index (χ0n) is 11.0. The quantitative estimate of drug-likeness (QED) is 0.867. The monoisotopic (exact) mass is 262 g/mol. The van der Waals surface area contributed by atoms with Crippen molar-refractivity contribution in [2.45, 2.75) is 19.3 Å². The summed E-state index contributed by atoms with van der Waals surface area (Å²) in [5.74, 6) is 1.51. The van der Waals surface area contributed by atoms with Crippen molar-refractivity contribution >= 4 is 11.6 Å². The molecular weight excluding hydrogens is 244 g/mol. The van der Waals surface area contributed by atoms with E-state index in [1.807, 2.05) is 25.2 Å². The van der Waals surface area contributed by atoms with Crippen molar-refractivity contribution in [3.8, 4) is 11.5 Å². The summed E-state index contributed by atoms with van der Waals surface area (Å²) in [5.41, 5.74) is 0.516. The van der Waals surface area contributed by atoms with E-state index in [-0.39, 0.29) is 18.1 Å². The van der Waals surface area contributed by atoms with E-state index in [2.05, 4.69) is 10.6 Å². The summed E-state index contributed by atoms with van der Waals surface area (Å²) >= 11 is 0. The van der Waals surface area contributed by atoms with Crippen molar-refractivity contribution in [3.63, 3.8) is 0 Å². The van der Waals surface area contributed by atoms with Crippen molar-refractivity contribution in [1.29, 1.82) is 0 Å². The number of carbonyl (C=O) groups excluding carboxylic acids is 1. The van der Waals surface area contributed by atoms with Crippen molar-refractivity contribution in [1.82, 2.24) is 5.32 Å². The van der Waals surface area contributed by atoms with Gasteiger partial charge in [0, 0.05) is 18.3 Å². The lowest BCUT2D eigenvalue weighted by molar-refractivity contribution is -0.129. The average Bonchev–Trinajstić information content (AvgIpc) is 2.80. The van der Waals surface area contributed by atoms with E-state index >= 15 is 0 Å². The molecule has 1 aliphatic carbocycles. The van der Waals surface area contributed by atoms with Gasteiger partial charge >= 0.3 is 0 Å². The van der Waals surface area contributed by atoms with Crippen LogP contribution in [0.15, 0.2) is 18.2 Å². The number of hydrogen-bond acceptors (Lipinski definition) is 4. The van der Waals surface area contributed by atoms with Gasteiger partial charge in [-0.05, 0) is 32.0 Å². The first-order valence-electron chi connectivity index (χ1n) is 6.59. The second-order valence-corrected chi connectivity index (χ2v) is 5.19. The van der Waals surface area contributed by atoms with Crippen LogP contribution in [-0.4, -0.2) is 26.3 Å². The van der Waals surface area contributed by atoms with Crippen LogP contribution in [-0.2, 0) is 4.79 Å². The smallest absolute Gasteiger partial charge is 0.231 e. The van der Waals surface area contributed by atoms with E-state index in [0.29, 0.717) is 5.75 Å². The Morgan fingerprint density at radius 3 is 2.79 bits per heavy atom. The molecule has 1 amide bonds. The fraction of sp³-hybridized carbons (Fsp3) is 0.500. The average molecular weight is 262 g/mol. The molecule has 5 heteroatoms. The fourth-order valence-corrected chi connectivity index (χ4v) is 2.66. The molecule has 2 aliphatic rings. The first-order valence-corrected chi connectivity index (χ1v) is 6.59. The Balaban J connectivity index is 1.72. The highest BCUT2D eigenvalue weighted by Crippen LogP contribution is 2.42. The summed E-state index contributed by atoms with van der Waals surface area (Å²) in [6.07, 6.45) is 3.02. The molecule has 1 fully saturated rings. The first kappa shape index (κ1) is 12.3. The SMILES string of the molecule is CNCC1(C(=O)Nc2ccc3c(c2)OCO3)CCC1. The molecule has 0 aromatic heterocycles. The van der Waals surface area contributed by atoms with Crippen molar-refractivity contribution in [2.24, 2.45) is 5.41 Å². The molecule has 1 heterocycles. The van der Waals surface area contributed by atoms with Crippen LogP contribution >= 0.6 is 0 Å². The molecule has 1 aliphatic heterocycles. The van der Waals surface area contributed by atoms with Crippen LogP contribution in [0.3, 0.4) is 0 Å². The molecule has 0 radical (unpaired) electrons. The minimum Gasteiger partial charge on any atom is -0.454 e. The maximum atomic E-state index is 12.4. The molecule has 3 rings (SSSR count). The predicted molar refractivity (Wildman–Crippen MR) is 71.4 cm³/mol. The Morgan fingerprint density at radius 2 is 2.11 bits per heavy atom. The molecule has 1 aromatic carbocycles. The Kier molecular flexibility index (Phi) is 3.06. The van der Waals surface area contributed by atoms with Crippen LogP contribution in [0, 0.1) is 5.41 Å². The van der Waals surface area contributed by atoms with E-state index < -0.39 is 0 Å². The van der Waals surface area contributed by atoms with Gasteiger partial charge in [-0.3, -0.25) is 4.79 Å². The van der Waals surface area contributed by atoms with Gasteiger partial charge < -0.3 is 20.1 Å². The highest BCUT2D eigenvalue weighted by atomic mass is 16.7. The van der Waals surface area contributed by atoms with Crippen molar-refractivity contribution in [2.75, 3.05) is 25.7 Å². The summed E-state index contributed by atoms with van der Waals surface area (Å²) in [5, 5.41) is 6.10. The van der Waals surface area contributed by atoms with Gasteiger partial charge in [0.25, 0.3) is 0 Å². The third kappa shape index (κ3) is 2.14. The van der Waals surface area contributed by atoms with Gasteiger partial charge in [-0.25, -0.2) is 0 Å². The lowest BCUT2D eigenvalue weighted by Crippen LogP contribution is -2.48. The minimum atomic E-state index is -0.245. The van der Waals surface area contributed by atoms with E-state index in [1.54, 1.807) is 0 Å². The number of carbonyl (C=O) groups is 1. The lowest BCUT2D eigenvalue weighted by atomic mass is 9.68. The van der Waals surface area contributed by atoms with Gasteiger partial charge in [-0.15, -0.1) is 0 Å². The zero-order valence-corrected chi connectivity index (χ0v) is 11.0. The Morgan fingerprint density at radius 1 is 1.32 bits per heavy atom. The molecule has 102 valence electrons. The van der Waals surface area contributed by atoms with Gasteiger partial charge in [0.1, 0.15) is 0 Å². The van der Waals surface area contributed by atoms with Crippen molar-refractivity contribution < 1.29 is 14.3 Å². The topological polar surface area (TPSA) is 59.6 Å². The minimum absolute atomic E-state index is 0.0898. The van der Waals surface area contributed by atoms with Crippen LogP contribution in [0.1, 0.15) is 19.3 Å². The van der Waals surface area contributed by atoms with Gasteiger partial charge in [0.2, 0.25) is 12.7 Å². The lowest BCUT2D eigenvalue weighted by Gasteiger charge is -2.40. The molecule has 19 heavy (non-hydrogen) atoms. The third-order valence-electron chi connectivity index (χ3n) is 3.94. The fourth-order valence-electron chi connectivity index (χ4n) is 2.66. The second kappa shape index (κ2) is 4.74. The highest BCUT2D eigenvalue weighted by Gasteiger charge is 2.43. The van der Waals surface area contributed by atoms with Gasteiger partial charge in [0.15, 0.2) is 11.5 Å². The van der Waals surface area contributed by atoms with E-state index in [4.69, 9.17) is 9.47 Å². The molecular formula is C14H18N2O3. The molecule has 1 saturated carbocycles. The number of benzene rings is 1. The normalized spacial score (nSPS) is 18.8. The maximum absolute atomic E-state index is 12.4. The summed E-state index contributed by atoms with van der Waals surface area (Å²) in [6, 6.07) is 5.48. The summed E-state index contributed by atoms with van der Waals surface area (Å²) in [6.45, 7) is 0.972. The molecule has 5 nitrogen and oxygen atoms in total. The van der Waals surface area contributed by atoms with Gasteiger partial charge in [-0.1, -0.05) is 6.42 Å². The number of rotatable bonds is 4. The van der Waals surface area contributed by atoms with Gasteiger partial charge in [-0.2, -0.15) is 0 Å². The number of anilines is 1. The number of hydrogen-bond donors (Lipinski definition) is 2. The molecule has 0 unspecified atom stereocenters. The molecule has 2 N–H and O–H groups in total. The van der Waals surface area contributed by atoms with Crippen LogP contribution in [0.4, 0.5) is 5.69 Å². The maximum Gasteiger partial charge on any atom is 0.231 e. The van der Waals surface area contributed by atoms with Crippen LogP contribution < -0.4 is 20.1 Å². The zero-order chi connectivity index (χ0) is 13.3. The Labute approximate surface area is 112 Å². The largest absolute Gasteiger partial charge is 0.454 e. The number of ether oxygens (including phenoxy) is 2. The second-order valence-electron chi connectivity index (χ2n) is 5.19. The molecule has 0 spiro atoms. The predicted octanol–water partition coefficient (Wildman–Crippen LogP) is 1.74. The summed E-state index contributed by atoms with van der Waals surface area (Å²) < 4.78 is 10.6. The molecule has 0 saturated heterocycles. The number of fused-ring (bicyclic) bond motifs is 1. The van der Waals surface area contributed by atoms with E-state index in [0.717, 1.165) is 37.2 Å². The molecule has 1 aromatic rings. The summed E-state index contributed by atoms with van der Waals surface area (Å²) in [4.78, 5) is 12.4. The summed E-state index contributed by atoms with van der Waals surface area (Å²) in [7, 11) is 1.88. The third-order valence-corrected chi connectivity index (χ3v) is 3.94. The number of nitrogens with one attached hydrogen (secondary N) is 2. The highest BCUT2D eigenvalue weighted by molar-refractivity contribution is 5.96. The van der Waals surface area contributed by atoms with E-state index in [1.165, 1.54) is 0 Å². The number of amides is 1. The van der Waals surface area contributed by atoms with Crippen LogP contribution in [0.2, 0.25) is 0 Å². The Bertz CT molecular complexity index is 497. The molecule has 0 atom stereocenters. The van der Waals surface area contributed by atoms with Gasteiger partial charge in [0.05, 0.1) is 5.41 Å². The first-order chi connectivity index (χ1) is 9.23. The standard InChI is InChI=1S/C14H18N2O3/c1-15-8-14(5-2-6-14)13(17)16-10-3-4-11-12(7-10)19-9-18-11/h3-4,7,15H,2,5-6,8-9H2,1H3,(H,16,17). The van der Waals surface area contributed by atoms with Crippen LogP contribution in [0.25, 0.3) is 0 Å².